The van der Waals surface area contributed by atoms with Crippen LogP contribution in [0.2, 0.25) is 0 Å². The van der Waals surface area contributed by atoms with Gasteiger partial charge in [0.1, 0.15) is 5.75 Å². The van der Waals surface area contributed by atoms with E-state index in [1.165, 1.54) is 32.1 Å². The average Bonchev–Trinajstić information content (AvgIpc) is 2.63. The molecule has 1 aromatic carbocycles. The van der Waals surface area contributed by atoms with Crippen molar-refractivity contribution >= 4 is 11.8 Å². The Morgan fingerprint density at radius 2 is 1.62 bits per heavy atom. The highest BCUT2D eigenvalue weighted by Crippen LogP contribution is 2.27. The Balaban J connectivity index is 1.47. The van der Waals surface area contributed by atoms with Crippen LogP contribution in [0.1, 0.15) is 44.9 Å². The second-order valence-electron chi connectivity index (χ2n) is 6.34. The minimum atomic E-state index is -0.185. The van der Waals surface area contributed by atoms with Crippen LogP contribution in [0.5, 0.6) is 5.75 Å². The number of carbonyl (C=O) groups is 2. The van der Waals surface area contributed by atoms with Gasteiger partial charge in [0.2, 0.25) is 5.91 Å². The Hall–Kier alpha value is -2.04. The van der Waals surface area contributed by atoms with Gasteiger partial charge in [-0.15, -0.1) is 0 Å². The van der Waals surface area contributed by atoms with Crippen molar-refractivity contribution < 1.29 is 14.3 Å². The lowest BCUT2D eigenvalue weighted by Gasteiger charge is -2.20. The quantitative estimate of drug-likeness (QED) is 0.683. The molecule has 0 aliphatic heterocycles. The third kappa shape index (κ3) is 7.49. The van der Waals surface area contributed by atoms with Gasteiger partial charge < -0.3 is 15.4 Å². The van der Waals surface area contributed by atoms with Gasteiger partial charge in [0.05, 0.1) is 0 Å². The first-order valence-corrected chi connectivity index (χ1v) is 8.95. The van der Waals surface area contributed by atoms with Gasteiger partial charge in [0.15, 0.2) is 6.61 Å². The van der Waals surface area contributed by atoms with Crippen LogP contribution in [0, 0.1) is 5.92 Å². The molecule has 1 fully saturated rings. The van der Waals surface area contributed by atoms with Crippen molar-refractivity contribution in [1.82, 2.24) is 10.6 Å². The van der Waals surface area contributed by atoms with Gasteiger partial charge in [-0.05, 0) is 24.5 Å². The fourth-order valence-corrected chi connectivity index (χ4v) is 3.02. The van der Waals surface area contributed by atoms with E-state index >= 15 is 0 Å². The molecule has 1 aliphatic carbocycles. The van der Waals surface area contributed by atoms with Crippen LogP contribution >= 0.6 is 0 Å². The molecule has 2 amide bonds. The Morgan fingerprint density at radius 3 is 2.33 bits per heavy atom. The summed E-state index contributed by atoms with van der Waals surface area (Å²) in [4.78, 5) is 23.4. The number of hydrogen-bond donors (Lipinski definition) is 2. The van der Waals surface area contributed by atoms with Gasteiger partial charge in [-0.2, -0.15) is 0 Å². The van der Waals surface area contributed by atoms with E-state index in [0.717, 1.165) is 12.3 Å². The highest BCUT2D eigenvalue weighted by molar-refractivity contribution is 5.78. The SMILES string of the molecule is O=C(CCC1CCCCC1)NCCNC(=O)COc1ccccc1. The van der Waals surface area contributed by atoms with Crippen molar-refractivity contribution in [3.63, 3.8) is 0 Å². The number of para-hydroxylation sites is 1. The molecule has 0 spiro atoms. The molecule has 0 aromatic heterocycles. The predicted molar refractivity (Wildman–Crippen MR) is 93.8 cm³/mol. The lowest BCUT2D eigenvalue weighted by Crippen LogP contribution is -2.36. The van der Waals surface area contributed by atoms with Crippen LogP contribution in [0.15, 0.2) is 30.3 Å². The third-order valence-corrected chi connectivity index (χ3v) is 4.39. The summed E-state index contributed by atoms with van der Waals surface area (Å²) in [5.74, 6) is 1.29. The van der Waals surface area contributed by atoms with Gasteiger partial charge in [0.25, 0.3) is 5.91 Å². The van der Waals surface area contributed by atoms with Crippen molar-refractivity contribution in [1.29, 1.82) is 0 Å². The normalized spacial score (nSPS) is 14.8. The third-order valence-electron chi connectivity index (χ3n) is 4.39. The molecule has 0 unspecified atom stereocenters. The Labute approximate surface area is 144 Å². The number of carbonyl (C=O) groups excluding carboxylic acids is 2. The topological polar surface area (TPSA) is 67.4 Å². The minimum absolute atomic E-state index is 0.0142. The van der Waals surface area contributed by atoms with Crippen LogP contribution in [-0.4, -0.2) is 31.5 Å². The first-order chi connectivity index (χ1) is 11.7. The summed E-state index contributed by atoms with van der Waals surface area (Å²) in [5, 5.41) is 5.59. The molecule has 0 saturated heterocycles. The maximum atomic E-state index is 11.8. The molecule has 0 heterocycles. The van der Waals surface area contributed by atoms with Crippen LogP contribution < -0.4 is 15.4 Å². The number of amides is 2. The molecule has 1 aromatic rings. The van der Waals surface area contributed by atoms with E-state index in [2.05, 4.69) is 10.6 Å². The van der Waals surface area contributed by atoms with E-state index in [4.69, 9.17) is 4.74 Å². The standard InChI is InChI=1S/C19H28N2O3/c22-18(12-11-16-7-3-1-4-8-16)20-13-14-21-19(23)15-24-17-9-5-2-6-10-17/h2,5-6,9-10,16H,1,3-4,7-8,11-15H2,(H,20,22)(H,21,23). The molecule has 5 heteroatoms. The summed E-state index contributed by atoms with van der Waals surface area (Å²) in [7, 11) is 0. The first-order valence-electron chi connectivity index (χ1n) is 8.95. The summed E-state index contributed by atoms with van der Waals surface area (Å²) in [6.45, 7) is 0.867. The summed E-state index contributed by atoms with van der Waals surface area (Å²) in [6, 6.07) is 9.22. The molecule has 24 heavy (non-hydrogen) atoms. The molecule has 0 atom stereocenters. The Bertz CT molecular complexity index is 499. The van der Waals surface area contributed by atoms with Crippen LogP contribution in [0.25, 0.3) is 0 Å². The summed E-state index contributed by atoms with van der Waals surface area (Å²) >= 11 is 0. The summed E-state index contributed by atoms with van der Waals surface area (Å²) < 4.78 is 5.35. The maximum absolute atomic E-state index is 11.8. The van der Waals surface area contributed by atoms with E-state index < -0.39 is 0 Å². The fraction of sp³-hybridized carbons (Fsp3) is 0.579. The van der Waals surface area contributed by atoms with Crippen molar-refractivity contribution in [2.75, 3.05) is 19.7 Å². The van der Waals surface area contributed by atoms with Gasteiger partial charge in [-0.25, -0.2) is 0 Å². The monoisotopic (exact) mass is 332 g/mol. The van der Waals surface area contributed by atoms with Crippen LogP contribution in [0.3, 0.4) is 0 Å². The number of rotatable bonds is 9. The van der Waals surface area contributed by atoms with Gasteiger partial charge >= 0.3 is 0 Å². The van der Waals surface area contributed by atoms with E-state index in [0.29, 0.717) is 25.3 Å². The van der Waals surface area contributed by atoms with E-state index in [1.807, 2.05) is 18.2 Å². The molecular formula is C19H28N2O3. The van der Waals surface area contributed by atoms with Crippen molar-refractivity contribution in [2.24, 2.45) is 5.92 Å². The van der Waals surface area contributed by atoms with E-state index in [-0.39, 0.29) is 18.4 Å². The molecule has 132 valence electrons. The number of nitrogens with one attached hydrogen (secondary N) is 2. The average molecular weight is 332 g/mol. The minimum Gasteiger partial charge on any atom is -0.484 e. The van der Waals surface area contributed by atoms with Crippen molar-refractivity contribution in [2.45, 2.75) is 44.9 Å². The van der Waals surface area contributed by atoms with E-state index in [9.17, 15) is 9.59 Å². The Morgan fingerprint density at radius 1 is 0.958 bits per heavy atom. The summed E-state index contributed by atoms with van der Waals surface area (Å²) in [6.07, 6.45) is 8.08. The lowest BCUT2D eigenvalue weighted by atomic mass is 9.86. The van der Waals surface area contributed by atoms with Gasteiger partial charge in [0, 0.05) is 19.5 Å². The number of ether oxygens (including phenoxy) is 1. The van der Waals surface area contributed by atoms with Crippen molar-refractivity contribution in [3.05, 3.63) is 30.3 Å². The number of benzene rings is 1. The molecule has 2 rings (SSSR count). The van der Waals surface area contributed by atoms with Gasteiger partial charge in [-0.1, -0.05) is 50.3 Å². The highest BCUT2D eigenvalue weighted by atomic mass is 16.5. The van der Waals surface area contributed by atoms with Gasteiger partial charge in [-0.3, -0.25) is 9.59 Å². The summed E-state index contributed by atoms with van der Waals surface area (Å²) in [5.41, 5.74) is 0. The zero-order valence-electron chi connectivity index (χ0n) is 14.3. The predicted octanol–water partition coefficient (Wildman–Crippen LogP) is 2.66. The maximum Gasteiger partial charge on any atom is 0.258 e. The van der Waals surface area contributed by atoms with Crippen molar-refractivity contribution in [3.8, 4) is 5.75 Å². The molecule has 2 N–H and O–H groups in total. The molecule has 0 bridgehead atoms. The second-order valence-corrected chi connectivity index (χ2v) is 6.34. The fourth-order valence-electron chi connectivity index (χ4n) is 3.02. The van der Waals surface area contributed by atoms with Crippen LogP contribution in [0.4, 0.5) is 0 Å². The zero-order valence-corrected chi connectivity index (χ0v) is 14.3. The number of hydrogen-bond acceptors (Lipinski definition) is 3. The van der Waals surface area contributed by atoms with E-state index in [1.54, 1.807) is 12.1 Å². The highest BCUT2D eigenvalue weighted by Gasteiger charge is 2.14. The molecule has 5 nitrogen and oxygen atoms in total. The largest absolute Gasteiger partial charge is 0.484 e. The second kappa shape index (κ2) is 10.7. The van der Waals surface area contributed by atoms with Crippen LogP contribution in [-0.2, 0) is 9.59 Å². The Kier molecular flexibility index (Phi) is 8.15. The first kappa shape index (κ1) is 18.3. The zero-order chi connectivity index (χ0) is 17.0. The molecule has 1 saturated carbocycles. The molecule has 1 aliphatic rings. The molecule has 0 radical (unpaired) electrons. The smallest absolute Gasteiger partial charge is 0.258 e. The lowest BCUT2D eigenvalue weighted by molar-refractivity contribution is -0.124. The molecular weight excluding hydrogens is 304 g/mol.